The highest BCUT2D eigenvalue weighted by atomic mass is 79.9. The molecule has 1 spiro atoms. The van der Waals surface area contributed by atoms with Crippen molar-refractivity contribution in [2.24, 2.45) is 10.7 Å². The zero-order valence-corrected chi connectivity index (χ0v) is 13.7. The molecule has 3 heterocycles. The van der Waals surface area contributed by atoms with E-state index in [1.54, 1.807) is 12.3 Å². The fraction of sp³-hybridized carbons (Fsp3) is 0.200. The van der Waals surface area contributed by atoms with Gasteiger partial charge in [-0.2, -0.15) is 0 Å². The second kappa shape index (κ2) is 4.86. The van der Waals surface area contributed by atoms with Crippen LogP contribution in [0.5, 0.6) is 11.5 Å². The molecule has 7 heteroatoms. The number of ether oxygens (including phenoxy) is 2. The topological polar surface area (TPSA) is 69.7 Å². The Morgan fingerprint density at radius 3 is 2.86 bits per heavy atom. The molecule has 2 N–H and O–H groups in total. The van der Waals surface area contributed by atoms with Crippen molar-refractivity contribution in [1.29, 1.82) is 0 Å². The van der Waals surface area contributed by atoms with Crippen molar-refractivity contribution in [3.8, 4) is 11.5 Å². The lowest BCUT2D eigenvalue weighted by molar-refractivity contribution is 0.219. The molecule has 0 bridgehead atoms. The van der Waals surface area contributed by atoms with E-state index in [-0.39, 0.29) is 6.02 Å². The molecule has 1 aromatic heterocycles. The fourth-order valence-electron chi connectivity index (χ4n) is 2.97. The molecular formula is C15H11BrClN3O2. The first-order valence-corrected chi connectivity index (χ1v) is 7.88. The summed E-state index contributed by atoms with van der Waals surface area (Å²) >= 11 is 9.59. The van der Waals surface area contributed by atoms with Crippen molar-refractivity contribution >= 4 is 33.6 Å². The van der Waals surface area contributed by atoms with Crippen LogP contribution in [0.15, 0.2) is 39.9 Å². The second-order valence-electron chi connectivity index (χ2n) is 5.15. The summed E-state index contributed by atoms with van der Waals surface area (Å²) in [5.74, 6) is 1.37. The van der Waals surface area contributed by atoms with Gasteiger partial charge < -0.3 is 15.2 Å². The van der Waals surface area contributed by atoms with Gasteiger partial charge in [0.2, 0.25) is 0 Å². The zero-order chi connectivity index (χ0) is 15.3. The van der Waals surface area contributed by atoms with Crippen molar-refractivity contribution in [2.45, 2.75) is 12.0 Å². The van der Waals surface area contributed by atoms with Crippen molar-refractivity contribution < 1.29 is 9.47 Å². The number of pyridine rings is 1. The summed E-state index contributed by atoms with van der Waals surface area (Å²) < 4.78 is 12.2. The summed E-state index contributed by atoms with van der Waals surface area (Å²) in [6.45, 7) is 0.473. The largest absolute Gasteiger partial charge is 0.465 e. The van der Waals surface area contributed by atoms with Gasteiger partial charge in [0.05, 0.1) is 12.8 Å². The minimum absolute atomic E-state index is 0.165. The molecule has 22 heavy (non-hydrogen) atoms. The zero-order valence-electron chi connectivity index (χ0n) is 11.3. The summed E-state index contributed by atoms with van der Waals surface area (Å²) in [6, 6.07) is 7.77. The number of amidine groups is 1. The summed E-state index contributed by atoms with van der Waals surface area (Å²) in [5.41, 5.74) is 6.98. The van der Waals surface area contributed by atoms with Crippen molar-refractivity contribution in [2.75, 3.05) is 6.61 Å². The molecule has 1 aromatic carbocycles. The minimum Gasteiger partial charge on any atom is -0.465 e. The summed E-state index contributed by atoms with van der Waals surface area (Å²) in [5, 5.41) is 0.389. The number of rotatable bonds is 0. The lowest BCUT2D eigenvalue weighted by Crippen LogP contribution is -2.38. The molecule has 2 aliphatic heterocycles. The quantitative estimate of drug-likeness (QED) is 0.709. The summed E-state index contributed by atoms with van der Waals surface area (Å²) in [6.07, 6.45) is 2.26. The van der Waals surface area contributed by atoms with E-state index in [0.717, 1.165) is 21.3 Å². The van der Waals surface area contributed by atoms with E-state index in [4.69, 9.17) is 26.8 Å². The molecule has 2 aromatic rings. The SMILES string of the molecule is NC1=N[C@]2(CCO1)c1cc(Br)ccc1Oc1cnc(Cl)cc12. The Hall–Kier alpha value is -1.79. The maximum atomic E-state index is 6.09. The molecule has 0 amide bonds. The van der Waals surface area contributed by atoms with Crippen LogP contribution >= 0.6 is 27.5 Å². The molecular weight excluding hydrogens is 370 g/mol. The first-order valence-electron chi connectivity index (χ1n) is 6.70. The van der Waals surface area contributed by atoms with Crippen LogP contribution in [0.3, 0.4) is 0 Å². The van der Waals surface area contributed by atoms with E-state index in [1.165, 1.54) is 0 Å². The van der Waals surface area contributed by atoms with Gasteiger partial charge in [0.25, 0.3) is 6.02 Å². The van der Waals surface area contributed by atoms with Gasteiger partial charge in [0.1, 0.15) is 16.4 Å². The van der Waals surface area contributed by atoms with Crippen molar-refractivity contribution in [3.63, 3.8) is 0 Å². The number of aliphatic imine (C=N–C) groups is 1. The van der Waals surface area contributed by atoms with E-state index in [9.17, 15) is 0 Å². The van der Waals surface area contributed by atoms with Crippen LogP contribution < -0.4 is 10.5 Å². The normalized spacial score (nSPS) is 22.2. The highest BCUT2D eigenvalue weighted by Gasteiger charge is 2.45. The number of fused-ring (bicyclic) bond motifs is 4. The average molecular weight is 381 g/mol. The monoisotopic (exact) mass is 379 g/mol. The number of benzene rings is 1. The maximum absolute atomic E-state index is 6.09. The van der Waals surface area contributed by atoms with Crippen LogP contribution in [0.1, 0.15) is 17.5 Å². The van der Waals surface area contributed by atoms with Crippen LogP contribution in [0.25, 0.3) is 0 Å². The van der Waals surface area contributed by atoms with Gasteiger partial charge in [-0.05, 0) is 24.3 Å². The number of aromatic nitrogens is 1. The minimum atomic E-state index is -0.665. The average Bonchev–Trinajstić information content (AvgIpc) is 2.49. The van der Waals surface area contributed by atoms with Gasteiger partial charge in [-0.1, -0.05) is 27.5 Å². The standard InChI is InChI=1S/C15H11BrClN3O2/c16-8-1-2-11-9(5-8)15(3-4-21-14(18)20-15)10-6-13(17)19-7-12(10)22-11/h1-2,5-7H,3-4H2,(H2,18,20)/t15-/m1/s1. The molecule has 4 rings (SSSR count). The van der Waals surface area contributed by atoms with Gasteiger partial charge in [0, 0.05) is 22.0 Å². The lowest BCUT2D eigenvalue weighted by Gasteiger charge is -2.39. The Morgan fingerprint density at radius 2 is 2.05 bits per heavy atom. The summed E-state index contributed by atoms with van der Waals surface area (Å²) in [4.78, 5) is 8.72. The first-order chi connectivity index (χ1) is 10.6. The third kappa shape index (κ3) is 1.98. The third-order valence-electron chi connectivity index (χ3n) is 3.90. The van der Waals surface area contributed by atoms with E-state index < -0.39 is 5.54 Å². The molecule has 0 radical (unpaired) electrons. The number of nitrogens with zero attached hydrogens (tertiary/aromatic N) is 2. The van der Waals surface area contributed by atoms with Crippen molar-refractivity contribution in [1.82, 2.24) is 4.98 Å². The Morgan fingerprint density at radius 1 is 1.23 bits per heavy atom. The third-order valence-corrected chi connectivity index (χ3v) is 4.60. The number of hydrogen-bond acceptors (Lipinski definition) is 5. The highest BCUT2D eigenvalue weighted by molar-refractivity contribution is 9.10. The Kier molecular flexibility index (Phi) is 3.06. The van der Waals surface area contributed by atoms with Crippen molar-refractivity contribution in [3.05, 3.63) is 51.2 Å². The first kappa shape index (κ1) is 13.8. The van der Waals surface area contributed by atoms with Gasteiger partial charge in [-0.25, -0.2) is 9.98 Å². The Labute approximate surface area is 140 Å². The Bertz CT molecular complexity index is 758. The van der Waals surface area contributed by atoms with Crippen LogP contribution in [-0.4, -0.2) is 17.6 Å². The maximum Gasteiger partial charge on any atom is 0.283 e. The van der Waals surface area contributed by atoms with E-state index in [2.05, 4.69) is 25.9 Å². The number of hydrogen-bond donors (Lipinski definition) is 1. The van der Waals surface area contributed by atoms with Crippen LogP contribution in [0.2, 0.25) is 5.15 Å². The number of nitrogens with two attached hydrogens (primary N) is 1. The molecule has 0 saturated carbocycles. The number of halogens is 2. The van der Waals surface area contributed by atoms with Gasteiger partial charge in [-0.3, -0.25) is 0 Å². The van der Waals surface area contributed by atoms with Gasteiger partial charge in [-0.15, -0.1) is 0 Å². The predicted molar refractivity (Wildman–Crippen MR) is 86.4 cm³/mol. The molecule has 0 aliphatic carbocycles. The van der Waals surface area contributed by atoms with Crippen LogP contribution in [0, 0.1) is 0 Å². The summed E-state index contributed by atoms with van der Waals surface area (Å²) in [7, 11) is 0. The second-order valence-corrected chi connectivity index (χ2v) is 6.46. The molecule has 112 valence electrons. The van der Waals surface area contributed by atoms with Gasteiger partial charge in [0.15, 0.2) is 5.75 Å². The molecule has 1 atom stereocenters. The Balaban J connectivity index is 2.05. The van der Waals surface area contributed by atoms with E-state index in [1.807, 2.05) is 18.2 Å². The van der Waals surface area contributed by atoms with E-state index >= 15 is 0 Å². The fourth-order valence-corrected chi connectivity index (χ4v) is 3.49. The molecule has 0 unspecified atom stereocenters. The van der Waals surface area contributed by atoms with Crippen LogP contribution in [0.4, 0.5) is 0 Å². The van der Waals surface area contributed by atoms with E-state index in [0.29, 0.717) is 23.9 Å². The van der Waals surface area contributed by atoms with Gasteiger partial charge >= 0.3 is 0 Å². The molecule has 0 saturated heterocycles. The molecule has 0 fully saturated rings. The highest BCUT2D eigenvalue weighted by Crippen LogP contribution is 2.52. The lowest BCUT2D eigenvalue weighted by atomic mass is 9.78. The smallest absolute Gasteiger partial charge is 0.283 e. The molecule has 2 aliphatic rings. The molecule has 5 nitrogen and oxygen atoms in total. The predicted octanol–water partition coefficient (Wildman–Crippen LogP) is 3.58. The van der Waals surface area contributed by atoms with Crippen LogP contribution in [-0.2, 0) is 10.3 Å².